The van der Waals surface area contributed by atoms with Crippen LogP contribution < -0.4 is 0 Å². The molecule has 0 aromatic rings. The fourth-order valence-electron chi connectivity index (χ4n) is 2.21. The van der Waals surface area contributed by atoms with Crippen LogP contribution in [0.3, 0.4) is 0 Å². The van der Waals surface area contributed by atoms with Gasteiger partial charge in [-0.2, -0.15) is 0 Å². The normalized spacial score (nSPS) is 20.0. The zero-order valence-corrected chi connectivity index (χ0v) is 12.6. The molecule has 0 atom stereocenters. The molecule has 3 heteroatoms. The van der Waals surface area contributed by atoms with Crippen LogP contribution in [-0.4, -0.2) is 20.2 Å². The van der Waals surface area contributed by atoms with E-state index in [1.807, 2.05) is 0 Å². The third kappa shape index (κ3) is 6.58. The second-order valence-electron chi connectivity index (χ2n) is 5.20. The lowest BCUT2D eigenvalue weighted by Gasteiger charge is -2.30. The molecular weight excluding hydrogens is 248 g/mol. The Morgan fingerprint density at radius 1 is 1.29 bits per heavy atom. The molecule has 0 aromatic heterocycles. The summed E-state index contributed by atoms with van der Waals surface area (Å²) in [4.78, 5) is 0. The highest BCUT2D eigenvalue weighted by molar-refractivity contribution is 8.23. The number of hydrogen-bond acceptors (Lipinski definition) is 3. The summed E-state index contributed by atoms with van der Waals surface area (Å²) in [5.41, 5.74) is -0.429. The lowest BCUT2D eigenvalue weighted by Crippen LogP contribution is -2.30. The SMILES string of the molecule is CC(C)SC(=S)C/C=C/CC1(O)CCCCC1. The molecule has 1 rings (SSSR count). The molecule has 1 saturated carbocycles. The molecule has 1 fully saturated rings. The molecule has 0 spiro atoms. The van der Waals surface area contributed by atoms with Crippen molar-refractivity contribution in [2.24, 2.45) is 0 Å². The van der Waals surface area contributed by atoms with E-state index in [0.717, 1.165) is 29.9 Å². The smallest absolute Gasteiger partial charge is 0.0682 e. The predicted octanol–water partition coefficient (Wildman–Crippen LogP) is 4.49. The van der Waals surface area contributed by atoms with Crippen molar-refractivity contribution in [3.63, 3.8) is 0 Å². The van der Waals surface area contributed by atoms with E-state index < -0.39 is 5.60 Å². The first-order chi connectivity index (χ1) is 8.02. The van der Waals surface area contributed by atoms with Crippen molar-refractivity contribution in [3.8, 4) is 0 Å². The summed E-state index contributed by atoms with van der Waals surface area (Å²) < 4.78 is 1.05. The molecule has 0 unspecified atom stereocenters. The molecular formula is C14H24OS2. The summed E-state index contributed by atoms with van der Waals surface area (Å²) in [6, 6.07) is 0. The summed E-state index contributed by atoms with van der Waals surface area (Å²) in [7, 11) is 0. The Labute approximate surface area is 115 Å². The van der Waals surface area contributed by atoms with Crippen molar-refractivity contribution in [1.29, 1.82) is 0 Å². The van der Waals surface area contributed by atoms with Gasteiger partial charge in [0.25, 0.3) is 0 Å². The second-order valence-corrected chi connectivity index (χ2v) is 7.63. The summed E-state index contributed by atoms with van der Waals surface area (Å²) in [6.07, 6.45) is 11.4. The van der Waals surface area contributed by atoms with Crippen molar-refractivity contribution < 1.29 is 5.11 Å². The van der Waals surface area contributed by atoms with E-state index in [0.29, 0.717) is 5.25 Å². The Kier molecular flexibility index (Phi) is 6.75. The highest BCUT2D eigenvalue weighted by atomic mass is 32.2. The zero-order chi connectivity index (χ0) is 12.7. The van der Waals surface area contributed by atoms with Gasteiger partial charge in [-0.05, 0) is 19.3 Å². The second kappa shape index (κ2) is 7.55. The topological polar surface area (TPSA) is 20.2 Å². The molecule has 0 bridgehead atoms. The van der Waals surface area contributed by atoms with Gasteiger partial charge in [0.2, 0.25) is 0 Å². The molecule has 1 N–H and O–H groups in total. The predicted molar refractivity (Wildman–Crippen MR) is 81.7 cm³/mol. The number of allylic oxidation sites excluding steroid dienone is 1. The van der Waals surface area contributed by atoms with Gasteiger partial charge in [0.15, 0.2) is 0 Å². The van der Waals surface area contributed by atoms with Gasteiger partial charge >= 0.3 is 0 Å². The number of thiocarbonyl (C=S) groups is 1. The molecule has 0 aromatic carbocycles. The first-order valence-corrected chi connectivity index (χ1v) is 7.87. The van der Waals surface area contributed by atoms with Gasteiger partial charge in [0.1, 0.15) is 0 Å². The van der Waals surface area contributed by atoms with Gasteiger partial charge in [0, 0.05) is 11.7 Å². The number of aliphatic hydroxyl groups is 1. The molecule has 1 nitrogen and oxygen atoms in total. The highest BCUT2D eigenvalue weighted by Gasteiger charge is 2.27. The van der Waals surface area contributed by atoms with E-state index in [4.69, 9.17) is 12.2 Å². The van der Waals surface area contributed by atoms with E-state index in [1.165, 1.54) is 19.3 Å². The minimum absolute atomic E-state index is 0.429. The van der Waals surface area contributed by atoms with Crippen LogP contribution in [0.2, 0.25) is 0 Å². The Hall–Kier alpha value is 0.140. The van der Waals surface area contributed by atoms with Gasteiger partial charge in [-0.25, -0.2) is 0 Å². The Bertz CT molecular complexity index is 265. The standard InChI is InChI=1S/C14H24OS2/c1-12(2)17-13(16)8-4-7-11-14(15)9-5-3-6-10-14/h4,7,12,15H,3,5-6,8-11H2,1-2H3/b7-4+. The Balaban J connectivity index is 2.22. The molecule has 17 heavy (non-hydrogen) atoms. The van der Waals surface area contributed by atoms with Crippen molar-refractivity contribution in [1.82, 2.24) is 0 Å². The van der Waals surface area contributed by atoms with Crippen LogP contribution in [0.15, 0.2) is 12.2 Å². The van der Waals surface area contributed by atoms with Gasteiger partial charge in [0.05, 0.1) is 9.80 Å². The summed E-state index contributed by atoms with van der Waals surface area (Å²) >= 11 is 7.03. The number of rotatable bonds is 5. The average molecular weight is 272 g/mol. The first kappa shape index (κ1) is 15.2. The van der Waals surface area contributed by atoms with Gasteiger partial charge in [-0.3, -0.25) is 0 Å². The largest absolute Gasteiger partial charge is 0.390 e. The Morgan fingerprint density at radius 3 is 2.53 bits per heavy atom. The molecule has 0 heterocycles. The summed E-state index contributed by atoms with van der Waals surface area (Å²) in [6.45, 7) is 4.32. The fourth-order valence-corrected chi connectivity index (χ4v) is 3.60. The first-order valence-electron chi connectivity index (χ1n) is 6.59. The van der Waals surface area contributed by atoms with Crippen LogP contribution in [-0.2, 0) is 0 Å². The van der Waals surface area contributed by atoms with Crippen molar-refractivity contribution in [2.45, 2.75) is 69.6 Å². The summed E-state index contributed by atoms with van der Waals surface area (Å²) in [5.74, 6) is 0. The van der Waals surface area contributed by atoms with Gasteiger partial charge in [-0.1, -0.05) is 57.5 Å². The van der Waals surface area contributed by atoms with E-state index in [1.54, 1.807) is 11.8 Å². The number of hydrogen-bond donors (Lipinski definition) is 1. The third-order valence-corrected chi connectivity index (χ3v) is 4.46. The quantitative estimate of drug-likeness (QED) is 0.588. The minimum Gasteiger partial charge on any atom is -0.390 e. The van der Waals surface area contributed by atoms with E-state index in [2.05, 4.69) is 26.0 Å². The fraction of sp³-hybridized carbons (Fsp3) is 0.786. The molecule has 0 saturated heterocycles. The van der Waals surface area contributed by atoms with Gasteiger partial charge in [-0.15, -0.1) is 11.8 Å². The lowest BCUT2D eigenvalue weighted by molar-refractivity contribution is 0.00692. The summed E-state index contributed by atoms with van der Waals surface area (Å²) in [5, 5.41) is 10.9. The van der Waals surface area contributed by atoms with Crippen LogP contribution in [0.5, 0.6) is 0 Å². The van der Waals surface area contributed by atoms with E-state index in [-0.39, 0.29) is 0 Å². The van der Waals surface area contributed by atoms with Crippen LogP contribution in [0, 0.1) is 0 Å². The maximum Gasteiger partial charge on any atom is 0.0682 e. The monoisotopic (exact) mass is 272 g/mol. The van der Waals surface area contributed by atoms with Crippen LogP contribution in [0.25, 0.3) is 0 Å². The van der Waals surface area contributed by atoms with Crippen molar-refractivity contribution in [3.05, 3.63) is 12.2 Å². The molecule has 98 valence electrons. The Morgan fingerprint density at radius 2 is 1.94 bits per heavy atom. The third-order valence-electron chi connectivity index (χ3n) is 3.10. The molecule has 1 aliphatic rings. The maximum atomic E-state index is 10.3. The minimum atomic E-state index is -0.429. The average Bonchev–Trinajstić information content (AvgIpc) is 2.24. The molecule has 0 aliphatic heterocycles. The van der Waals surface area contributed by atoms with Crippen molar-refractivity contribution in [2.75, 3.05) is 0 Å². The van der Waals surface area contributed by atoms with E-state index >= 15 is 0 Å². The maximum absolute atomic E-state index is 10.3. The van der Waals surface area contributed by atoms with Gasteiger partial charge < -0.3 is 5.11 Å². The molecule has 0 radical (unpaired) electrons. The van der Waals surface area contributed by atoms with Crippen molar-refractivity contribution >= 4 is 28.2 Å². The number of thioether (sulfide) groups is 1. The molecule has 1 aliphatic carbocycles. The van der Waals surface area contributed by atoms with Crippen LogP contribution in [0.4, 0.5) is 0 Å². The lowest BCUT2D eigenvalue weighted by atomic mass is 9.82. The van der Waals surface area contributed by atoms with Crippen LogP contribution >= 0.6 is 24.0 Å². The van der Waals surface area contributed by atoms with E-state index in [9.17, 15) is 5.11 Å². The van der Waals surface area contributed by atoms with Crippen LogP contribution in [0.1, 0.15) is 58.8 Å². The zero-order valence-electron chi connectivity index (χ0n) is 10.9. The highest BCUT2D eigenvalue weighted by Crippen LogP contribution is 2.31. The molecule has 0 amide bonds.